The van der Waals surface area contributed by atoms with Gasteiger partial charge in [-0.05, 0) is 30.9 Å². The number of hydrogen-bond acceptors (Lipinski definition) is 3. The van der Waals surface area contributed by atoms with Gasteiger partial charge in [0, 0.05) is 25.2 Å². The minimum Gasteiger partial charge on any atom is -0.395 e. The molecule has 0 amide bonds. The lowest BCUT2D eigenvalue weighted by molar-refractivity contribution is 0.0509. The highest BCUT2D eigenvalue weighted by Gasteiger charge is 2.35. The number of nitrogens with one attached hydrogen (secondary N) is 1. The monoisotopic (exact) mass is 290 g/mol. The van der Waals surface area contributed by atoms with Crippen LogP contribution in [-0.2, 0) is 0 Å². The first kappa shape index (κ1) is 16.5. The van der Waals surface area contributed by atoms with E-state index in [9.17, 15) is 5.11 Å². The van der Waals surface area contributed by atoms with Crippen LogP contribution in [0.15, 0.2) is 30.3 Å². The third-order valence-corrected chi connectivity index (χ3v) is 4.79. The van der Waals surface area contributed by atoms with Crippen molar-refractivity contribution in [2.24, 2.45) is 5.41 Å². The lowest BCUT2D eigenvalue weighted by Crippen LogP contribution is -2.49. The molecule has 0 radical (unpaired) electrons. The van der Waals surface area contributed by atoms with Gasteiger partial charge in [-0.2, -0.15) is 0 Å². The molecule has 2 rings (SSSR count). The van der Waals surface area contributed by atoms with Gasteiger partial charge in [-0.25, -0.2) is 0 Å². The van der Waals surface area contributed by atoms with Crippen LogP contribution in [-0.4, -0.2) is 42.8 Å². The molecule has 0 spiro atoms. The van der Waals surface area contributed by atoms with Gasteiger partial charge in [-0.1, -0.05) is 50.6 Å². The van der Waals surface area contributed by atoms with E-state index in [2.05, 4.69) is 54.4 Å². The second-order valence-corrected chi connectivity index (χ2v) is 6.90. The van der Waals surface area contributed by atoms with Crippen molar-refractivity contribution < 1.29 is 5.11 Å². The molecule has 1 saturated carbocycles. The fraction of sp³-hybridized carbons (Fsp3) is 0.667. The maximum atomic E-state index is 9.36. The summed E-state index contributed by atoms with van der Waals surface area (Å²) in [6.45, 7) is 6.70. The van der Waals surface area contributed by atoms with Gasteiger partial charge in [0.05, 0.1) is 6.61 Å². The van der Waals surface area contributed by atoms with Gasteiger partial charge in [0.15, 0.2) is 0 Å². The molecule has 3 heteroatoms. The fourth-order valence-electron chi connectivity index (χ4n) is 3.54. The lowest BCUT2D eigenvalue weighted by Gasteiger charge is -2.44. The highest BCUT2D eigenvalue weighted by molar-refractivity contribution is 5.21. The molecule has 1 atom stereocenters. The fourth-order valence-corrected chi connectivity index (χ4v) is 3.54. The van der Waals surface area contributed by atoms with Gasteiger partial charge in [-0.15, -0.1) is 0 Å². The highest BCUT2D eigenvalue weighted by atomic mass is 16.3. The Morgan fingerprint density at radius 1 is 1.29 bits per heavy atom. The first-order valence-electron chi connectivity index (χ1n) is 8.15. The summed E-state index contributed by atoms with van der Waals surface area (Å²) in [6, 6.07) is 11.7. The Bertz CT molecular complexity index is 414. The smallest absolute Gasteiger partial charge is 0.0558 e. The zero-order valence-electron chi connectivity index (χ0n) is 13.7. The van der Waals surface area contributed by atoms with Crippen molar-refractivity contribution in [2.75, 3.05) is 26.7 Å². The molecule has 1 fully saturated rings. The molecule has 0 saturated heterocycles. The predicted molar refractivity (Wildman–Crippen MR) is 88.3 cm³/mol. The second-order valence-electron chi connectivity index (χ2n) is 6.90. The van der Waals surface area contributed by atoms with Crippen molar-refractivity contribution in [3.8, 4) is 0 Å². The van der Waals surface area contributed by atoms with E-state index in [-0.39, 0.29) is 12.0 Å². The van der Waals surface area contributed by atoms with Gasteiger partial charge < -0.3 is 10.4 Å². The number of aliphatic hydroxyl groups excluding tert-OH is 1. The number of rotatable bonds is 8. The van der Waals surface area contributed by atoms with Crippen LogP contribution < -0.4 is 5.32 Å². The minimum atomic E-state index is 0.112. The summed E-state index contributed by atoms with van der Waals surface area (Å²) in [6.07, 6.45) is 3.90. The molecule has 1 aromatic rings. The van der Waals surface area contributed by atoms with Gasteiger partial charge in [0.25, 0.3) is 0 Å². The highest BCUT2D eigenvalue weighted by Crippen LogP contribution is 2.36. The van der Waals surface area contributed by atoms with E-state index >= 15 is 0 Å². The molecule has 118 valence electrons. The van der Waals surface area contributed by atoms with Crippen LogP contribution in [0, 0.1) is 5.41 Å². The molecule has 1 unspecified atom stereocenters. The van der Waals surface area contributed by atoms with Crippen molar-refractivity contribution in [3.63, 3.8) is 0 Å². The van der Waals surface area contributed by atoms with Crippen LogP contribution in [0.3, 0.4) is 0 Å². The van der Waals surface area contributed by atoms with E-state index in [0.717, 1.165) is 13.1 Å². The first-order chi connectivity index (χ1) is 10.1. The van der Waals surface area contributed by atoms with E-state index in [1.54, 1.807) is 0 Å². The lowest BCUT2D eigenvalue weighted by atomic mass is 9.78. The number of hydrogen-bond donors (Lipinski definition) is 2. The molecule has 0 heterocycles. The van der Waals surface area contributed by atoms with Gasteiger partial charge in [-0.3, -0.25) is 4.90 Å². The van der Waals surface area contributed by atoms with Crippen LogP contribution in [0.25, 0.3) is 0 Å². The van der Waals surface area contributed by atoms with Gasteiger partial charge in [0.2, 0.25) is 0 Å². The average molecular weight is 290 g/mol. The maximum Gasteiger partial charge on any atom is 0.0558 e. The number of aliphatic hydroxyl groups is 1. The molecule has 21 heavy (non-hydrogen) atoms. The topological polar surface area (TPSA) is 35.5 Å². The quantitative estimate of drug-likeness (QED) is 0.773. The number of nitrogens with zero attached hydrogens (tertiary/aromatic N) is 1. The third kappa shape index (κ3) is 4.06. The van der Waals surface area contributed by atoms with E-state index in [0.29, 0.717) is 12.1 Å². The second kappa shape index (κ2) is 7.39. The van der Waals surface area contributed by atoms with Gasteiger partial charge >= 0.3 is 0 Å². The Hall–Kier alpha value is -0.900. The van der Waals surface area contributed by atoms with Crippen LogP contribution in [0.4, 0.5) is 0 Å². The van der Waals surface area contributed by atoms with E-state index in [1.165, 1.54) is 24.8 Å². The molecule has 3 nitrogen and oxygen atoms in total. The molecule has 0 aliphatic heterocycles. The van der Waals surface area contributed by atoms with E-state index < -0.39 is 0 Å². The Morgan fingerprint density at radius 3 is 2.43 bits per heavy atom. The average Bonchev–Trinajstić information content (AvgIpc) is 2.38. The van der Waals surface area contributed by atoms with Crippen molar-refractivity contribution in [1.29, 1.82) is 0 Å². The minimum absolute atomic E-state index is 0.112. The van der Waals surface area contributed by atoms with Crippen LogP contribution in [0.2, 0.25) is 0 Å². The Balaban J connectivity index is 2.10. The standard InChI is InChI=1S/C18H30N2O/c1-18(2,14-20(12-13-21)16-10-7-11-16)17(19-3)15-8-5-4-6-9-15/h4-6,8-9,16-17,19,21H,7,10-14H2,1-3H3. The molecule has 2 N–H and O–H groups in total. The van der Waals surface area contributed by atoms with Crippen molar-refractivity contribution in [2.45, 2.75) is 45.2 Å². The molecular weight excluding hydrogens is 260 g/mol. The molecule has 1 aliphatic rings. The summed E-state index contributed by atoms with van der Waals surface area (Å²) in [5, 5.41) is 12.8. The molecule has 1 aliphatic carbocycles. The molecule has 0 aromatic heterocycles. The summed E-state index contributed by atoms with van der Waals surface area (Å²) in [4.78, 5) is 2.48. The van der Waals surface area contributed by atoms with Gasteiger partial charge in [0.1, 0.15) is 0 Å². The van der Waals surface area contributed by atoms with Crippen LogP contribution >= 0.6 is 0 Å². The summed E-state index contributed by atoms with van der Waals surface area (Å²) in [5.74, 6) is 0. The largest absolute Gasteiger partial charge is 0.395 e. The summed E-state index contributed by atoms with van der Waals surface area (Å²) >= 11 is 0. The zero-order chi connectivity index (χ0) is 15.3. The van der Waals surface area contributed by atoms with E-state index in [1.807, 2.05) is 7.05 Å². The Kier molecular flexibility index (Phi) is 5.80. The van der Waals surface area contributed by atoms with Crippen molar-refractivity contribution >= 4 is 0 Å². The Morgan fingerprint density at radius 2 is 1.95 bits per heavy atom. The molecule has 1 aromatic carbocycles. The molecule has 0 bridgehead atoms. The number of benzene rings is 1. The predicted octanol–water partition coefficient (Wildman–Crippen LogP) is 2.82. The van der Waals surface area contributed by atoms with Crippen LogP contribution in [0.1, 0.15) is 44.7 Å². The Labute approximate surface area is 129 Å². The SMILES string of the molecule is CNC(c1ccccc1)C(C)(C)CN(CCO)C1CCC1. The summed E-state index contributed by atoms with van der Waals surface area (Å²) in [7, 11) is 2.04. The maximum absolute atomic E-state index is 9.36. The third-order valence-electron chi connectivity index (χ3n) is 4.79. The van der Waals surface area contributed by atoms with Crippen LogP contribution in [0.5, 0.6) is 0 Å². The normalized spacial score (nSPS) is 17.8. The summed E-state index contributed by atoms with van der Waals surface area (Å²) in [5.41, 5.74) is 1.45. The molecular formula is C18H30N2O. The summed E-state index contributed by atoms with van der Waals surface area (Å²) < 4.78 is 0. The first-order valence-corrected chi connectivity index (χ1v) is 8.15. The van der Waals surface area contributed by atoms with E-state index in [4.69, 9.17) is 0 Å². The van der Waals surface area contributed by atoms with Crippen molar-refractivity contribution in [1.82, 2.24) is 10.2 Å². The van der Waals surface area contributed by atoms with Crippen molar-refractivity contribution in [3.05, 3.63) is 35.9 Å². The zero-order valence-corrected chi connectivity index (χ0v) is 13.7.